The van der Waals surface area contributed by atoms with E-state index in [2.05, 4.69) is 48.5 Å². The van der Waals surface area contributed by atoms with Gasteiger partial charge in [0, 0.05) is 25.7 Å². The summed E-state index contributed by atoms with van der Waals surface area (Å²) in [5.41, 5.74) is 0. The van der Waals surface area contributed by atoms with Crippen LogP contribution >= 0.6 is 15.6 Å². The zero-order chi connectivity index (χ0) is 70.9. The number of hydrogen-bond acceptors (Lipinski definition) is 15. The van der Waals surface area contributed by atoms with E-state index in [0.717, 1.165) is 108 Å². The number of hydrogen-bond donors (Lipinski definition) is 3. The summed E-state index contributed by atoms with van der Waals surface area (Å²) in [5.74, 6) is 0.153. The topological polar surface area (TPSA) is 237 Å². The molecule has 0 aliphatic heterocycles. The Bertz CT molecular complexity index is 1870. The molecule has 3 N–H and O–H groups in total. The van der Waals surface area contributed by atoms with Gasteiger partial charge in [0.2, 0.25) is 0 Å². The maximum Gasteiger partial charge on any atom is 0.472 e. The maximum atomic E-state index is 13.1. The molecule has 4 unspecified atom stereocenters. The Balaban J connectivity index is 5.21. The summed E-state index contributed by atoms with van der Waals surface area (Å²) in [6.45, 7) is 11.9. The molecule has 0 saturated heterocycles. The van der Waals surface area contributed by atoms with E-state index < -0.39 is 97.5 Å². The van der Waals surface area contributed by atoms with Crippen molar-refractivity contribution in [1.29, 1.82) is 0 Å². The third kappa shape index (κ3) is 67.9. The smallest absolute Gasteiger partial charge is 0.462 e. The van der Waals surface area contributed by atoms with Gasteiger partial charge in [0.25, 0.3) is 0 Å². The number of rotatable bonds is 75. The van der Waals surface area contributed by atoms with Gasteiger partial charge in [-0.2, -0.15) is 0 Å². The van der Waals surface area contributed by atoms with Crippen LogP contribution in [0.2, 0.25) is 0 Å². The molecular formula is C77H150O17P2. The molecule has 0 spiro atoms. The van der Waals surface area contributed by atoms with Gasteiger partial charge in [-0.15, -0.1) is 0 Å². The second-order valence-corrected chi connectivity index (χ2v) is 31.6. The standard InChI is InChI=1S/C77H150O17P2/c1-8-11-12-13-14-15-16-17-18-19-20-21-22-23-24-25-26-27-39-46-53-60-76(81)93-72(64-88-75(80)59-52-45-38-32-29-35-42-49-56-69(6)9-2)66-91-95(83,84)89-62-71(78)63-90-96(85,86)92-67-73(65-87-74(79)58-51-44-37-31-28-34-41-48-55-68(4)5)94-77(82)61-54-47-40-33-30-36-43-50-57-70(7)10-3/h68-73,78H,8-67H2,1-7H3,(H,83,84)(H,85,86)/t69?,70?,71-,72-,73-/m1/s1. The van der Waals surface area contributed by atoms with Gasteiger partial charge in [-0.05, 0) is 43.4 Å². The Morgan fingerprint density at radius 2 is 0.531 bits per heavy atom. The van der Waals surface area contributed by atoms with Gasteiger partial charge >= 0.3 is 39.5 Å². The first-order valence-electron chi connectivity index (χ1n) is 39.9. The van der Waals surface area contributed by atoms with Crippen LogP contribution in [0.3, 0.4) is 0 Å². The quantitative estimate of drug-likeness (QED) is 0.0222. The molecule has 0 fully saturated rings. The summed E-state index contributed by atoms with van der Waals surface area (Å²) in [5, 5.41) is 10.6. The Kier molecular flexibility index (Phi) is 66.2. The van der Waals surface area contributed by atoms with Gasteiger partial charge in [0.05, 0.1) is 26.4 Å². The number of aliphatic hydroxyl groups is 1. The molecule has 0 aliphatic rings. The number of esters is 4. The van der Waals surface area contributed by atoms with Crippen molar-refractivity contribution in [1.82, 2.24) is 0 Å². The van der Waals surface area contributed by atoms with E-state index in [1.807, 2.05) is 0 Å². The number of carbonyl (C=O) groups is 4. The Morgan fingerprint density at radius 1 is 0.302 bits per heavy atom. The first kappa shape index (κ1) is 94.1. The fourth-order valence-corrected chi connectivity index (χ4v) is 13.3. The highest BCUT2D eigenvalue weighted by Gasteiger charge is 2.30. The second kappa shape index (κ2) is 67.5. The van der Waals surface area contributed by atoms with Gasteiger partial charge in [0.15, 0.2) is 12.2 Å². The molecule has 0 aromatic rings. The van der Waals surface area contributed by atoms with Crippen LogP contribution in [0.1, 0.15) is 395 Å². The Hall–Kier alpha value is -1.94. The summed E-state index contributed by atoms with van der Waals surface area (Å²) in [6, 6.07) is 0. The summed E-state index contributed by atoms with van der Waals surface area (Å²) in [4.78, 5) is 72.8. The van der Waals surface area contributed by atoms with Crippen LogP contribution in [0.15, 0.2) is 0 Å². The Labute approximate surface area is 588 Å². The Morgan fingerprint density at radius 3 is 0.792 bits per heavy atom. The van der Waals surface area contributed by atoms with Gasteiger partial charge < -0.3 is 33.8 Å². The monoisotopic (exact) mass is 1410 g/mol. The number of ether oxygens (including phenoxy) is 4. The summed E-state index contributed by atoms with van der Waals surface area (Å²) < 4.78 is 68.5. The SMILES string of the molecule is CCCCCCCCCCCCCCCCCCCCCCCC(=O)O[C@H](COC(=O)CCCCCCCCCCC(C)CC)COP(=O)(O)OC[C@@H](O)COP(=O)(O)OC[C@@H](COC(=O)CCCCCCCCCCC(C)C)OC(=O)CCCCCCCCCCC(C)CC. The van der Waals surface area contributed by atoms with Crippen LogP contribution in [0, 0.1) is 17.8 Å². The molecule has 0 radical (unpaired) electrons. The van der Waals surface area contributed by atoms with Crippen molar-refractivity contribution in [3.05, 3.63) is 0 Å². The third-order valence-corrected chi connectivity index (χ3v) is 20.5. The molecule has 0 amide bonds. The summed E-state index contributed by atoms with van der Waals surface area (Å²) in [6.07, 6.45) is 54.2. The second-order valence-electron chi connectivity index (χ2n) is 28.7. The molecule has 0 aromatic carbocycles. The summed E-state index contributed by atoms with van der Waals surface area (Å²) in [7, 11) is -9.91. The molecule has 7 atom stereocenters. The zero-order valence-corrected chi connectivity index (χ0v) is 64.6. The molecule has 19 heteroatoms. The lowest BCUT2D eigenvalue weighted by molar-refractivity contribution is -0.161. The predicted octanol–water partition coefficient (Wildman–Crippen LogP) is 22.6. The van der Waals surface area contributed by atoms with Crippen molar-refractivity contribution in [2.75, 3.05) is 39.6 Å². The van der Waals surface area contributed by atoms with Crippen molar-refractivity contribution in [3.63, 3.8) is 0 Å². The molecule has 0 heterocycles. The molecule has 570 valence electrons. The average Bonchev–Trinajstić information content (AvgIpc) is 1.82. The van der Waals surface area contributed by atoms with E-state index in [4.69, 9.17) is 37.0 Å². The molecule has 0 rings (SSSR count). The highest BCUT2D eigenvalue weighted by molar-refractivity contribution is 7.47. The largest absolute Gasteiger partial charge is 0.472 e. The van der Waals surface area contributed by atoms with Gasteiger partial charge in [-0.25, -0.2) is 9.13 Å². The van der Waals surface area contributed by atoms with Crippen LogP contribution in [0.4, 0.5) is 0 Å². The van der Waals surface area contributed by atoms with Gasteiger partial charge in [0.1, 0.15) is 19.3 Å². The van der Waals surface area contributed by atoms with E-state index >= 15 is 0 Å². The lowest BCUT2D eigenvalue weighted by atomic mass is 9.99. The van der Waals surface area contributed by atoms with E-state index in [-0.39, 0.29) is 25.7 Å². The number of aliphatic hydroxyl groups excluding tert-OH is 1. The van der Waals surface area contributed by atoms with Crippen LogP contribution in [-0.2, 0) is 65.4 Å². The number of phosphoric acid groups is 2. The molecule has 0 aromatic heterocycles. The van der Waals surface area contributed by atoms with E-state index in [1.165, 1.54) is 205 Å². The minimum Gasteiger partial charge on any atom is -0.462 e. The fraction of sp³-hybridized carbons (Fsp3) is 0.948. The highest BCUT2D eigenvalue weighted by atomic mass is 31.2. The fourth-order valence-electron chi connectivity index (χ4n) is 11.7. The minimum absolute atomic E-state index is 0.104. The number of phosphoric ester groups is 2. The van der Waals surface area contributed by atoms with Gasteiger partial charge in [-0.3, -0.25) is 37.3 Å². The van der Waals surface area contributed by atoms with Crippen molar-refractivity contribution in [3.8, 4) is 0 Å². The van der Waals surface area contributed by atoms with Crippen LogP contribution in [0.5, 0.6) is 0 Å². The molecule has 17 nitrogen and oxygen atoms in total. The van der Waals surface area contributed by atoms with Crippen molar-refractivity contribution < 1.29 is 80.2 Å². The van der Waals surface area contributed by atoms with E-state index in [9.17, 15) is 43.2 Å². The normalized spacial score (nSPS) is 14.6. The molecule has 96 heavy (non-hydrogen) atoms. The first-order valence-corrected chi connectivity index (χ1v) is 42.9. The van der Waals surface area contributed by atoms with E-state index in [0.29, 0.717) is 25.7 Å². The van der Waals surface area contributed by atoms with Crippen molar-refractivity contribution in [2.45, 2.75) is 414 Å². The van der Waals surface area contributed by atoms with Crippen LogP contribution < -0.4 is 0 Å². The maximum absolute atomic E-state index is 13.1. The number of carbonyl (C=O) groups excluding carboxylic acids is 4. The van der Waals surface area contributed by atoms with Crippen LogP contribution in [0.25, 0.3) is 0 Å². The van der Waals surface area contributed by atoms with Crippen molar-refractivity contribution >= 4 is 39.5 Å². The predicted molar refractivity (Wildman–Crippen MR) is 391 cm³/mol. The minimum atomic E-state index is -4.96. The van der Waals surface area contributed by atoms with Gasteiger partial charge in [-0.1, -0.05) is 344 Å². The number of unbranched alkanes of at least 4 members (excludes halogenated alkanes) is 41. The lowest BCUT2D eigenvalue weighted by Gasteiger charge is -2.21. The summed E-state index contributed by atoms with van der Waals surface area (Å²) >= 11 is 0. The average molecular weight is 1410 g/mol. The third-order valence-electron chi connectivity index (χ3n) is 18.6. The zero-order valence-electron chi connectivity index (χ0n) is 62.8. The molecule has 0 bridgehead atoms. The van der Waals surface area contributed by atoms with Crippen molar-refractivity contribution in [2.24, 2.45) is 17.8 Å². The molecule has 0 aliphatic carbocycles. The molecular weight excluding hydrogens is 1260 g/mol. The van der Waals surface area contributed by atoms with E-state index in [1.54, 1.807) is 0 Å². The lowest BCUT2D eigenvalue weighted by Crippen LogP contribution is -2.30. The highest BCUT2D eigenvalue weighted by Crippen LogP contribution is 2.45. The first-order chi connectivity index (χ1) is 46.3. The van der Waals surface area contributed by atoms with Crippen LogP contribution in [-0.4, -0.2) is 96.7 Å². The molecule has 0 saturated carbocycles.